The second-order valence-corrected chi connectivity index (χ2v) is 5.84. The minimum absolute atomic E-state index is 0.0000826. The molecule has 0 radical (unpaired) electrons. The second-order valence-electron chi connectivity index (χ2n) is 5.84. The molecule has 0 bridgehead atoms. The number of hydrogen-bond donors (Lipinski definition) is 3. The van der Waals surface area contributed by atoms with Crippen LogP contribution >= 0.6 is 0 Å². The van der Waals surface area contributed by atoms with E-state index in [0.29, 0.717) is 5.69 Å². The average Bonchev–Trinajstić information content (AvgIpc) is 3.09. The maximum absolute atomic E-state index is 12.4. The van der Waals surface area contributed by atoms with Crippen LogP contribution < -0.4 is 20.7 Å². The van der Waals surface area contributed by atoms with Crippen molar-refractivity contribution in [2.24, 2.45) is 7.05 Å². The molecule has 3 heterocycles. The quantitative estimate of drug-likeness (QED) is 0.496. The van der Waals surface area contributed by atoms with Crippen molar-refractivity contribution in [1.82, 2.24) is 35.0 Å². The van der Waals surface area contributed by atoms with Gasteiger partial charge in [-0.15, -0.1) is 0 Å². The third-order valence-corrected chi connectivity index (χ3v) is 3.73. The van der Waals surface area contributed by atoms with Crippen LogP contribution in [-0.2, 0) is 7.05 Å². The monoisotopic (exact) mass is 411 g/mol. The van der Waals surface area contributed by atoms with E-state index in [4.69, 9.17) is 4.74 Å². The van der Waals surface area contributed by atoms with Gasteiger partial charge in [-0.05, 0) is 0 Å². The lowest BCUT2D eigenvalue weighted by Gasteiger charge is -2.11. The Morgan fingerprint density at radius 3 is 2.50 bits per heavy atom. The standard InChI is InChI=1S/C17H17N9O4/c1-9(27)11-6-21-14(23-10-4-19-8-20-5-10)16(24-11)30-17(29)25-12-7-22-26(3)13(12)15(28)18-2/h4-8H,1-3H3,(H,18,28)(H,21,23)(H,25,29). The van der Waals surface area contributed by atoms with Crippen LogP contribution in [0, 0.1) is 0 Å². The van der Waals surface area contributed by atoms with Crippen molar-refractivity contribution < 1.29 is 19.1 Å². The summed E-state index contributed by atoms with van der Waals surface area (Å²) >= 11 is 0. The fourth-order valence-corrected chi connectivity index (χ4v) is 2.34. The molecule has 3 rings (SSSR count). The van der Waals surface area contributed by atoms with Crippen molar-refractivity contribution in [3.8, 4) is 5.88 Å². The van der Waals surface area contributed by atoms with Gasteiger partial charge >= 0.3 is 6.09 Å². The molecule has 0 spiro atoms. The van der Waals surface area contributed by atoms with Gasteiger partial charge in [0.25, 0.3) is 11.8 Å². The van der Waals surface area contributed by atoms with Crippen molar-refractivity contribution in [2.45, 2.75) is 6.92 Å². The van der Waals surface area contributed by atoms with Gasteiger partial charge in [0.05, 0.1) is 36.2 Å². The SMILES string of the molecule is CNC(=O)c1c(NC(=O)Oc2nc(C(C)=O)cnc2Nc2cncnc2)cnn1C. The molecule has 0 fully saturated rings. The fourth-order valence-electron chi connectivity index (χ4n) is 2.34. The minimum Gasteiger partial charge on any atom is -0.387 e. The largest absolute Gasteiger partial charge is 0.418 e. The zero-order valence-corrected chi connectivity index (χ0v) is 16.2. The van der Waals surface area contributed by atoms with Crippen LogP contribution in [0.5, 0.6) is 5.88 Å². The lowest BCUT2D eigenvalue weighted by molar-refractivity contribution is 0.0953. The Morgan fingerprint density at radius 1 is 1.10 bits per heavy atom. The Morgan fingerprint density at radius 2 is 1.83 bits per heavy atom. The molecule has 0 aromatic carbocycles. The number of carbonyl (C=O) groups excluding carboxylic acids is 3. The van der Waals surface area contributed by atoms with Crippen LogP contribution in [0.1, 0.15) is 27.9 Å². The maximum Gasteiger partial charge on any atom is 0.418 e. The molecule has 30 heavy (non-hydrogen) atoms. The van der Waals surface area contributed by atoms with Crippen molar-refractivity contribution in [2.75, 3.05) is 17.7 Å². The molecule has 0 aliphatic rings. The normalized spacial score (nSPS) is 10.2. The highest BCUT2D eigenvalue weighted by molar-refractivity contribution is 6.01. The molecule has 0 atom stereocenters. The smallest absolute Gasteiger partial charge is 0.387 e. The topological polar surface area (TPSA) is 166 Å². The van der Waals surface area contributed by atoms with Gasteiger partial charge in [0.15, 0.2) is 11.6 Å². The van der Waals surface area contributed by atoms with Gasteiger partial charge in [0.2, 0.25) is 0 Å². The zero-order chi connectivity index (χ0) is 21.7. The molecular weight excluding hydrogens is 394 g/mol. The van der Waals surface area contributed by atoms with Gasteiger partial charge in [-0.3, -0.25) is 19.6 Å². The highest BCUT2D eigenvalue weighted by Gasteiger charge is 2.20. The Hall–Kier alpha value is -4.42. The zero-order valence-electron chi connectivity index (χ0n) is 16.2. The highest BCUT2D eigenvalue weighted by atomic mass is 16.6. The number of rotatable bonds is 6. The van der Waals surface area contributed by atoms with E-state index < -0.39 is 12.0 Å². The maximum atomic E-state index is 12.4. The first kappa shape index (κ1) is 20.3. The second kappa shape index (κ2) is 8.72. The number of amides is 2. The fraction of sp³-hybridized carbons (Fsp3) is 0.176. The predicted octanol–water partition coefficient (Wildman–Crippen LogP) is 0.917. The number of ether oxygens (including phenoxy) is 1. The van der Waals surface area contributed by atoms with Crippen LogP contribution in [0.3, 0.4) is 0 Å². The summed E-state index contributed by atoms with van der Waals surface area (Å²) in [4.78, 5) is 51.9. The van der Waals surface area contributed by atoms with Gasteiger partial charge in [-0.1, -0.05) is 0 Å². The number of nitrogens with zero attached hydrogens (tertiary/aromatic N) is 6. The first-order valence-corrected chi connectivity index (χ1v) is 8.52. The van der Waals surface area contributed by atoms with Crippen molar-refractivity contribution in [3.63, 3.8) is 0 Å². The average molecular weight is 411 g/mol. The number of carbonyl (C=O) groups is 3. The van der Waals surface area contributed by atoms with Crippen LogP contribution in [0.2, 0.25) is 0 Å². The molecule has 3 aromatic rings. The predicted molar refractivity (Wildman–Crippen MR) is 104 cm³/mol. The summed E-state index contributed by atoms with van der Waals surface area (Å²) in [5, 5.41) is 11.7. The first-order valence-electron chi connectivity index (χ1n) is 8.52. The van der Waals surface area contributed by atoms with Crippen LogP contribution in [-0.4, -0.2) is 54.5 Å². The molecular formula is C17H17N9O4. The molecule has 13 nitrogen and oxygen atoms in total. The molecule has 3 N–H and O–H groups in total. The molecule has 154 valence electrons. The number of ketones is 1. The summed E-state index contributed by atoms with van der Waals surface area (Å²) in [6.07, 6.45) is 5.87. The van der Waals surface area contributed by atoms with E-state index in [1.54, 1.807) is 7.05 Å². The van der Waals surface area contributed by atoms with Crippen molar-refractivity contribution in [1.29, 1.82) is 0 Å². The summed E-state index contributed by atoms with van der Waals surface area (Å²) in [7, 11) is 3.00. The highest BCUT2D eigenvalue weighted by Crippen LogP contribution is 2.24. The number of nitrogens with one attached hydrogen (secondary N) is 3. The van der Waals surface area contributed by atoms with Gasteiger partial charge in [-0.2, -0.15) is 5.10 Å². The van der Waals surface area contributed by atoms with Gasteiger partial charge in [-0.25, -0.2) is 24.7 Å². The van der Waals surface area contributed by atoms with Crippen LogP contribution in [0.4, 0.5) is 22.0 Å². The van der Waals surface area contributed by atoms with Gasteiger partial charge in [0, 0.05) is 21.0 Å². The molecule has 0 aliphatic heterocycles. The molecule has 0 saturated carbocycles. The first-order chi connectivity index (χ1) is 14.4. The summed E-state index contributed by atoms with van der Waals surface area (Å²) in [6, 6.07) is 0. The van der Waals surface area contributed by atoms with E-state index in [2.05, 4.69) is 41.0 Å². The number of Topliss-reactive ketones (excluding diaryl/α,β-unsaturated/α-hetero) is 1. The summed E-state index contributed by atoms with van der Waals surface area (Å²) < 4.78 is 6.54. The third-order valence-electron chi connectivity index (χ3n) is 3.73. The number of hydrogen-bond acceptors (Lipinski definition) is 10. The minimum atomic E-state index is -0.962. The van der Waals surface area contributed by atoms with Crippen LogP contribution in [0.25, 0.3) is 0 Å². The van der Waals surface area contributed by atoms with E-state index in [1.165, 1.54) is 49.8 Å². The number of aryl methyl sites for hydroxylation is 1. The lowest BCUT2D eigenvalue weighted by atomic mass is 10.3. The molecule has 0 aliphatic carbocycles. The Balaban J connectivity index is 1.86. The molecule has 13 heteroatoms. The van der Waals surface area contributed by atoms with E-state index in [0.717, 1.165) is 0 Å². The van der Waals surface area contributed by atoms with E-state index in [1.807, 2.05) is 0 Å². The Labute approximate surface area is 169 Å². The van der Waals surface area contributed by atoms with E-state index >= 15 is 0 Å². The van der Waals surface area contributed by atoms with Crippen LogP contribution in [0.15, 0.2) is 31.1 Å². The summed E-state index contributed by atoms with van der Waals surface area (Å²) in [6.45, 7) is 1.30. The molecule has 3 aromatic heterocycles. The van der Waals surface area contributed by atoms with E-state index in [9.17, 15) is 14.4 Å². The Bertz CT molecular complexity index is 1100. The summed E-state index contributed by atoms with van der Waals surface area (Å²) in [5.41, 5.74) is 0.711. The number of anilines is 3. The lowest BCUT2D eigenvalue weighted by Crippen LogP contribution is -2.25. The van der Waals surface area contributed by atoms with Crippen molar-refractivity contribution >= 4 is 35.0 Å². The number of aromatic nitrogens is 6. The molecule has 2 amide bonds. The van der Waals surface area contributed by atoms with Gasteiger partial charge in [0.1, 0.15) is 17.7 Å². The van der Waals surface area contributed by atoms with Crippen molar-refractivity contribution in [3.05, 3.63) is 42.5 Å². The molecule has 0 unspecified atom stereocenters. The van der Waals surface area contributed by atoms with Gasteiger partial charge < -0.3 is 15.4 Å². The third kappa shape index (κ3) is 4.52. The molecule has 0 saturated heterocycles. The van der Waals surface area contributed by atoms with E-state index in [-0.39, 0.29) is 34.6 Å². The Kier molecular flexibility index (Phi) is 5.91. The summed E-state index contributed by atoms with van der Waals surface area (Å²) in [5.74, 6) is -1.01.